The van der Waals surface area contributed by atoms with Crippen molar-refractivity contribution in [2.75, 3.05) is 10.6 Å². The summed E-state index contributed by atoms with van der Waals surface area (Å²) in [4.78, 5) is 10.9. The molecule has 2 N–H and O–H groups in total. The van der Waals surface area contributed by atoms with E-state index in [2.05, 4.69) is 10.6 Å². The highest BCUT2D eigenvalue weighted by molar-refractivity contribution is 6.33. The molecule has 0 aliphatic heterocycles. The van der Waals surface area contributed by atoms with Crippen molar-refractivity contribution in [3.05, 3.63) is 58.1 Å². The highest BCUT2D eigenvalue weighted by Gasteiger charge is 2.02. The molecule has 0 spiro atoms. The highest BCUT2D eigenvalue weighted by atomic mass is 35.5. The molecule has 0 saturated heterocycles. The summed E-state index contributed by atoms with van der Waals surface area (Å²) >= 11 is 12.0. The van der Waals surface area contributed by atoms with Crippen LogP contribution >= 0.6 is 23.2 Å². The molecule has 0 aliphatic rings. The van der Waals surface area contributed by atoms with Gasteiger partial charge in [-0.2, -0.15) is 0 Å². The Labute approximate surface area is 127 Å². The largest absolute Gasteiger partial charge is 0.381 e. The minimum Gasteiger partial charge on any atom is -0.381 e. The van der Waals surface area contributed by atoms with E-state index in [1.165, 1.54) is 6.92 Å². The molecule has 5 heteroatoms. The first kappa shape index (κ1) is 14.7. The Morgan fingerprint density at radius 1 is 1.05 bits per heavy atom. The zero-order valence-electron chi connectivity index (χ0n) is 10.9. The van der Waals surface area contributed by atoms with Gasteiger partial charge in [-0.05, 0) is 48.0 Å². The highest BCUT2D eigenvalue weighted by Crippen LogP contribution is 2.22. The SMILES string of the molecule is CC(=O)Nc1ccc(NCc2cc(Cl)ccc2Cl)cc1. The van der Waals surface area contributed by atoms with Gasteiger partial charge in [-0.25, -0.2) is 0 Å². The van der Waals surface area contributed by atoms with Gasteiger partial charge in [0.2, 0.25) is 5.91 Å². The van der Waals surface area contributed by atoms with E-state index in [9.17, 15) is 4.79 Å². The molecule has 1 amide bonds. The Balaban J connectivity index is 2.00. The number of rotatable bonds is 4. The molecular formula is C15H14Cl2N2O. The molecule has 0 aromatic heterocycles. The molecule has 0 heterocycles. The first-order valence-electron chi connectivity index (χ1n) is 6.10. The van der Waals surface area contributed by atoms with Gasteiger partial charge in [0.25, 0.3) is 0 Å². The fourth-order valence-electron chi connectivity index (χ4n) is 1.75. The van der Waals surface area contributed by atoms with Gasteiger partial charge in [0.1, 0.15) is 0 Å². The predicted octanol–water partition coefficient (Wildman–Crippen LogP) is 4.56. The number of hydrogen-bond acceptors (Lipinski definition) is 2. The minimum absolute atomic E-state index is 0.0866. The van der Waals surface area contributed by atoms with Crippen molar-refractivity contribution < 1.29 is 4.79 Å². The average molecular weight is 309 g/mol. The Kier molecular flexibility index (Phi) is 4.88. The molecule has 104 valence electrons. The predicted molar refractivity (Wildman–Crippen MR) is 84.5 cm³/mol. The van der Waals surface area contributed by atoms with Gasteiger partial charge in [0, 0.05) is 34.9 Å². The van der Waals surface area contributed by atoms with Crippen molar-refractivity contribution in [2.45, 2.75) is 13.5 Å². The van der Waals surface area contributed by atoms with Crippen LogP contribution in [0.25, 0.3) is 0 Å². The third-order valence-electron chi connectivity index (χ3n) is 2.70. The van der Waals surface area contributed by atoms with Crippen LogP contribution in [0.4, 0.5) is 11.4 Å². The maximum atomic E-state index is 10.9. The standard InChI is InChI=1S/C15H14Cl2N2O/c1-10(20)19-14-5-3-13(4-6-14)18-9-11-8-12(16)2-7-15(11)17/h2-8,18H,9H2,1H3,(H,19,20). The van der Waals surface area contributed by atoms with E-state index in [-0.39, 0.29) is 5.91 Å². The van der Waals surface area contributed by atoms with E-state index in [0.717, 1.165) is 16.9 Å². The molecule has 2 aromatic carbocycles. The molecule has 0 saturated carbocycles. The van der Waals surface area contributed by atoms with Crippen LogP contribution in [0, 0.1) is 0 Å². The van der Waals surface area contributed by atoms with Crippen molar-refractivity contribution in [1.29, 1.82) is 0 Å². The zero-order valence-corrected chi connectivity index (χ0v) is 12.4. The summed E-state index contributed by atoms with van der Waals surface area (Å²) in [7, 11) is 0. The van der Waals surface area contributed by atoms with Crippen LogP contribution in [-0.4, -0.2) is 5.91 Å². The molecular weight excluding hydrogens is 295 g/mol. The molecule has 2 aromatic rings. The summed E-state index contributed by atoms with van der Waals surface area (Å²) in [5, 5.41) is 7.31. The van der Waals surface area contributed by atoms with Crippen LogP contribution in [0.2, 0.25) is 10.0 Å². The lowest BCUT2D eigenvalue weighted by Gasteiger charge is -2.09. The zero-order chi connectivity index (χ0) is 14.5. The van der Waals surface area contributed by atoms with Gasteiger partial charge in [-0.15, -0.1) is 0 Å². The summed E-state index contributed by atoms with van der Waals surface area (Å²) < 4.78 is 0. The molecule has 0 fully saturated rings. The van der Waals surface area contributed by atoms with Crippen molar-refractivity contribution >= 4 is 40.5 Å². The van der Waals surface area contributed by atoms with E-state index in [1.807, 2.05) is 30.3 Å². The van der Waals surface area contributed by atoms with Crippen LogP contribution in [-0.2, 0) is 11.3 Å². The lowest BCUT2D eigenvalue weighted by molar-refractivity contribution is -0.114. The summed E-state index contributed by atoms with van der Waals surface area (Å²) in [6, 6.07) is 12.8. The Morgan fingerprint density at radius 3 is 2.35 bits per heavy atom. The van der Waals surface area contributed by atoms with Crippen LogP contribution < -0.4 is 10.6 Å². The Bertz CT molecular complexity index is 612. The van der Waals surface area contributed by atoms with Crippen molar-refractivity contribution in [3.8, 4) is 0 Å². The minimum atomic E-state index is -0.0866. The van der Waals surface area contributed by atoms with Crippen molar-refractivity contribution in [3.63, 3.8) is 0 Å². The van der Waals surface area contributed by atoms with Gasteiger partial charge < -0.3 is 10.6 Å². The molecule has 0 aliphatic carbocycles. The molecule has 2 rings (SSSR count). The third-order valence-corrected chi connectivity index (χ3v) is 3.30. The van der Waals surface area contributed by atoms with Crippen LogP contribution in [0.5, 0.6) is 0 Å². The third kappa shape index (κ3) is 4.15. The number of halogens is 2. The molecule has 0 unspecified atom stereocenters. The van der Waals surface area contributed by atoms with Crippen LogP contribution in [0.15, 0.2) is 42.5 Å². The fraction of sp³-hybridized carbons (Fsp3) is 0.133. The van der Waals surface area contributed by atoms with Crippen LogP contribution in [0.3, 0.4) is 0 Å². The molecule has 20 heavy (non-hydrogen) atoms. The second-order valence-electron chi connectivity index (χ2n) is 4.35. The van der Waals surface area contributed by atoms with E-state index in [1.54, 1.807) is 12.1 Å². The van der Waals surface area contributed by atoms with Gasteiger partial charge in [-0.3, -0.25) is 4.79 Å². The van der Waals surface area contributed by atoms with Gasteiger partial charge in [0.15, 0.2) is 0 Å². The number of nitrogens with one attached hydrogen (secondary N) is 2. The lowest BCUT2D eigenvalue weighted by Crippen LogP contribution is -2.05. The quantitative estimate of drug-likeness (QED) is 0.869. The summed E-state index contributed by atoms with van der Waals surface area (Å²) in [5.41, 5.74) is 2.64. The van der Waals surface area contributed by atoms with Crippen molar-refractivity contribution in [2.24, 2.45) is 0 Å². The fourth-order valence-corrected chi connectivity index (χ4v) is 2.13. The topological polar surface area (TPSA) is 41.1 Å². The number of carbonyl (C=O) groups excluding carboxylic acids is 1. The van der Waals surface area contributed by atoms with Crippen LogP contribution in [0.1, 0.15) is 12.5 Å². The lowest BCUT2D eigenvalue weighted by atomic mass is 10.2. The van der Waals surface area contributed by atoms with E-state index in [0.29, 0.717) is 16.6 Å². The number of anilines is 2. The first-order chi connectivity index (χ1) is 9.54. The van der Waals surface area contributed by atoms with Gasteiger partial charge in [0.05, 0.1) is 0 Å². The van der Waals surface area contributed by atoms with Gasteiger partial charge >= 0.3 is 0 Å². The second-order valence-corrected chi connectivity index (χ2v) is 5.19. The molecule has 3 nitrogen and oxygen atoms in total. The van der Waals surface area contributed by atoms with E-state index >= 15 is 0 Å². The first-order valence-corrected chi connectivity index (χ1v) is 6.85. The van der Waals surface area contributed by atoms with Gasteiger partial charge in [-0.1, -0.05) is 23.2 Å². The number of benzene rings is 2. The van der Waals surface area contributed by atoms with Crippen molar-refractivity contribution in [1.82, 2.24) is 0 Å². The maximum Gasteiger partial charge on any atom is 0.221 e. The monoisotopic (exact) mass is 308 g/mol. The van der Waals surface area contributed by atoms with E-state index < -0.39 is 0 Å². The normalized spacial score (nSPS) is 10.2. The number of hydrogen-bond donors (Lipinski definition) is 2. The second kappa shape index (κ2) is 6.64. The number of carbonyl (C=O) groups is 1. The molecule has 0 radical (unpaired) electrons. The molecule has 0 bridgehead atoms. The average Bonchev–Trinajstić information content (AvgIpc) is 2.41. The Morgan fingerprint density at radius 2 is 1.70 bits per heavy atom. The maximum absolute atomic E-state index is 10.9. The Hall–Kier alpha value is -1.71. The molecule has 0 atom stereocenters. The summed E-state index contributed by atoms with van der Waals surface area (Å²) in [6.45, 7) is 2.06. The smallest absolute Gasteiger partial charge is 0.221 e. The summed E-state index contributed by atoms with van der Waals surface area (Å²) in [5.74, 6) is -0.0866. The summed E-state index contributed by atoms with van der Waals surface area (Å²) in [6.07, 6.45) is 0. The van der Waals surface area contributed by atoms with E-state index in [4.69, 9.17) is 23.2 Å². The number of amides is 1.